The predicted octanol–water partition coefficient (Wildman–Crippen LogP) is 9.54. The van der Waals surface area contributed by atoms with Crippen molar-refractivity contribution in [1.29, 1.82) is 0 Å². The van der Waals surface area contributed by atoms with E-state index in [-0.39, 0.29) is 6.29 Å². The SMILES string of the molecule is CCCCCCCCCC(COCCCl)CC(CCCCCCCCC)C(OCC)OCC. The molecule has 0 aliphatic carbocycles. The number of hydrogen-bond donors (Lipinski definition) is 0. The molecule has 0 N–H and O–H groups in total. The van der Waals surface area contributed by atoms with Crippen molar-refractivity contribution in [2.24, 2.45) is 11.8 Å². The van der Waals surface area contributed by atoms with Gasteiger partial charge >= 0.3 is 0 Å². The second-order valence-electron chi connectivity index (χ2n) is 9.72. The molecule has 200 valence electrons. The van der Waals surface area contributed by atoms with Gasteiger partial charge in [0, 0.05) is 31.6 Å². The lowest BCUT2D eigenvalue weighted by Crippen LogP contribution is -2.30. The van der Waals surface area contributed by atoms with Gasteiger partial charge in [-0.1, -0.05) is 104 Å². The van der Waals surface area contributed by atoms with E-state index in [2.05, 4.69) is 27.7 Å². The molecule has 0 aliphatic rings. The molecule has 33 heavy (non-hydrogen) atoms. The lowest BCUT2D eigenvalue weighted by atomic mass is 9.86. The van der Waals surface area contributed by atoms with E-state index in [0.29, 0.717) is 37.5 Å². The van der Waals surface area contributed by atoms with Gasteiger partial charge in [0.25, 0.3) is 0 Å². The Morgan fingerprint density at radius 3 is 1.58 bits per heavy atom. The van der Waals surface area contributed by atoms with Crippen molar-refractivity contribution in [2.45, 2.75) is 143 Å². The van der Waals surface area contributed by atoms with Crippen molar-refractivity contribution in [3.8, 4) is 0 Å². The van der Waals surface area contributed by atoms with E-state index in [0.717, 1.165) is 13.0 Å². The monoisotopic (exact) mass is 490 g/mol. The summed E-state index contributed by atoms with van der Waals surface area (Å²) in [5, 5.41) is 0. The van der Waals surface area contributed by atoms with Crippen LogP contribution in [0.2, 0.25) is 0 Å². The van der Waals surface area contributed by atoms with Crippen LogP contribution in [-0.4, -0.2) is 38.6 Å². The van der Waals surface area contributed by atoms with Crippen molar-refractivity contribution in [2.75, 3.05) is 32.3 Å². The first-order chi connectivity index (χ1) is 16.2. The van der Waals surface area contributed by atoms with Gasteiger partial charge in [0.2, 0.25) is 0 Å². The molecule has 0 saturated heterocycles. The standard InChI is InChI=1S/C29H59ClO3/c1-5-9-11-13-15-17-19-21-27(26-31-24-23-30)25-28(29(32-7-3)33-8-4)22-20-18-16-14-12-10-6-2/h27-29H,5-26H2,1-4H3. The number of hydrogen-bond acceptors (Lipinski definition) is 3. The van der Waals surface area contributed by atoms with Crippen molar-refractivity contribution < 1.29 is 14.2 Å². The van der Waals surface area contributed by atoms with Gasteiger partial charge in [-0.3, -0.25) is 0 Å². The Kier molecular flexibility index (Phi) is 26.9. The van der Waals surface area contributed by atoms with Gasteiger partial charge < -0.3 is 14.2 Å². The van der Waals surface area contributed by atoms with Crippen molar-refractivity contribution >= 4 is 11.6 Å². The third kappa shape index (κ3) is 21.2. The van der Waals surface area contributed by atoms with E-state index in [9.17, 15) is 0 Å². The first kappa shape index (κ1) is 33.2. The Morgan fingerprint density at radius 1 is 0.606 bits per heavy atom. The lowest BCUT2D eigenvalue weighted by Gasteiger charge is -2.30. The number of unbranched alkanes of at least 4 members (excludes halogenated alkanes) is 12. The number of ether oxygens (including phenoxy) is 3. The molecule has 0 aromatic rings. The smallest absolute Gasteiger partial charge is 0.160 e. The van der Waals surface area contributed by atoms with E-state index < -0.39 is 0 Å². The predicted molar refractivity (Wildman–Crippen MR) is 145 cm³/mol. The summed E-state index contributed by atoms with van der Waals surface area (Å²) in [6.07, 6.45) is 22.4. The minimum absolute atomic E-state index is 0.0790. The average Bonchev–Trinajstić information content (AvgIpc) is 2.81. The quantitative estimate of drug-likeness (QED) is 0.0651. The van der Waals surface area contributed by atoms with Crippen LogP contribution >= 0.6 is 11.6 Å². The molecular formula is C29H59ClO3. The van der Waals surface area contributed by atoms with Gasteiger partial charge in [-0.05, 0) is 39.0 Å². The highest BCUT2D eigenvalue weighted by Gasteiger charge is 2.26. The minimum Gasteiger partial charge on any atom is -0.380 e. The zero-order valence-corrected chi connectivity index (χ0v) is 23.6. The minimum atomic E-state index is -0.0790. The summed E-state index contributed by atoms with van der Waals surface area (Å²) < 4.78 is 18.1. The van der Waals surface area contributed by atoms with Crippen LogP contribution in [0.1, 0.15) is 137 Å². The van der Waals surface area contributed by atoms with E-state index in [1.54, 1.807) is 0 Å². The van der Waals surface area contributed by atoms with Gasteiger partial charge in [0.15, 0.2) is 6.29 Å². The second-order valence-corrected chi connectivity index (χ2v) is 10.1. The topological polar surface area (TPSA) is 27.7 Å². The van der Waals surface area contributed by atoms with Crippen LogP contribution in [-0.2, 0) is 14.2 Å². The molecule has 4 heteroatoms. The zero-order valence-electron chi connectivity index (χ0n) is 22.9. The summed E-state index contributed by atoms with van der Waals surface area (Å²) in [5.41, 5.74) is 0. The number of halogens is 1. The molecule has 0 radical (unpaired) electrons. The summed E-state index contributed by atoms with van der Waals surface area (Å²) in [7, 11) is 0. The summed E-state index contributed by atoms with van der Waals surface area (Å²) >= 11 is 5.88. The molecule has 0 amide bonds. The van der Waals surface area contributed by atoms with E-state index in [1.807, 2.05) is 0 Å². The van der Waals surface area contributed by atoms with Crippen LogP contribution in [0.5, 0.6) is 0 Å². The molecular weight excluding hydrogens is 432 g/mol. The highest BCUT2D eigenvalue weighted by molar-refractivity contribution is 6.17. The molecule has 2 atom stereocenters. The van der Waals surface area contributed by atoms with Crippen LogP contribution in [0.4, 0.5) is 0 Å². The first-order valence-electron chi connectivity index (χ1n) is 14.6. The fraction of sp³-hybridized carbons (Fsp3) is 1.00. The van der Waals surface area contributed by atoms with Gasteiger partial charge in [0.05, 0.1) is 6.61 Å². The van der Waals surface area contributed by atoms with Gasteiger partial charge in [-0.2, -0.15) is 0 Å². The Labute approximate surface area is 213 Å². The first-order valence-corrected chi connectivity index (χ1v) is 15.1. The van der Waals surface area contributed by atoms with Crippen molar-refractivity contribution in [1.82, 2.24) is 0 Å². The van der Waals surface area contributed by atoms with E-state index in [4.69, 9.17) is 25.8 Å². The Morgan fingerprint density at radius 2 is 1.09 bits per heavy atom. The van der Waals surface area contributed by atoms with E-state index in [1.165, 1.54) is 103 Å². The molecule has 0 bridgehead atoms. The summed E-state index contributed by atoms with van der Waals surface area (Å²) in [6, 6.07) is 0. The third-order valence-electron chi connectivity index (χ3n) is 6.65. The normalized spacial score (nSPS) is 13.6. The summed E-state index contributed by atoms with van der Waals surface area (Å²) in [4.78, 5) is 0. The zero-order chi connectivity index (χ0) is 24.4. The summed E-state index contributed by atoms with van der Waals surface area (Å²) in [5.74, 6) is 1.60. The lowest BCUT2D eigenvalue weighted by molar-refractivity contribution is -0.173. The fourth-order valence-corrected chi connectivity index (χ4v) is 4.88. The molecule has 0 spiro atoms. The van der Waals surface area contributed by atoms with Crippen LogP contribution in [0.25, 0.3) is 0 Å². The molecule has 3 nitrogen and oxygen atoms in total. The van der Waals surface area contributed by atoms with Crippen LogP contribution in [0.15, 0.2) is 0 Å². The highest BCUT2D eigenvalue weighted by atomic mass is 35.5. The molecule has 0 aromatic heterocycles. The molecule has 0 aliphatic heterocycles. The van der Waals surface area contributed by atoms with E-state index >= 15 is 0 Å². The maximum atomic E-state index is 6.08. The molecule has 0 rings (SSSR count). The van der Waals surface area contributed by atoms with Crippen LogP contribution < -0.4 is 0 Å². The Bertz CT molecular complexity index is 361. The summed E-state index contributed by atoms with van der Waals surface area (Å²) in [6.45, 7) is 11.6. The van der Waals surface area contributed by atoms with Gasteiger partial charge in [0.1, 0.15) is 0 Å². The molecule has 0 fully saturated rings. The van der Waals surface area contributed by atoms with Crippen LogP contribution in [0, 0.1) is 11.8 Å². The maximum absolute atomic E-state index is 6.08. The fourth-order valence-electron chi connectivity index (χ4n) is 4.77. The third-order valence-corrected chi connectivity index (χ3v) is 6.81. The largest absolute Gasteiger partial charge is 0.380 e. The van der Waals surface area contributed by atoms with Crippen molar-refractivity contribution in [3.63, 3.8) is 0 Å². The molecule has 0 saturated carbocycles. The maximum Gasteiger partial charge on any atom is 0.160 e. The van der Waals surface area contributed by atoms with Gasteiger partial charge in [-0.15, -0.1) is 11.6 Å². The Balaban J connectivity index is 4.72. The molecule has 0 aromatic carbocycles. The Hall–Kier alpha value is 0.170. The molecule has 2 unspecified atom stereocenters. The highest BCUT2D eigenvalue weighted by Crippen LogP contribution is 2.29. The second kappa shape index (κ2) is 26.8. The number of alkyl halides is 1. The molecule has 0 heterocycles. The number of rotatable bonds is 27. The van der Waals surface area contributed by atoms with Crippen LogP contribution in [0.3, 0.4) is 0 Å². The van der Waals surface area contributed by atoms with Crippen molar-refractivity contribution in [3.05, 3.63) is 0 Å². The average molecular weight is 491 g/mol. The van der Waals surface area contributed by atoms with Gasteiger partial charge in [-0.25, -0.2) is 0 Å².